The summed E-state index contributed by atoms with van der Waals surface area (Å²) in [6, 6.07) is 7.61. The van der Waals surface area contributed by atoms with Gasteiger partial charge in [0.2, 0.25) is 0 Å². The molecular formula is C13H13N3O2. The van der Waals surface area contributed by atoms with E-state index < -0.39 is 5.97 Å². The quantitative estimate of drug-likeness (QED) is 0.810. The lowest BCUT2D eigenvalue weighted by Gasteiger charge is -2.20. The molecule has 0 unspecified atom stereocenters. The number of hydrogen-bond donors (Lipinski definition) is 1. The molecule has 0 atom stereocenters. The van der Waals surface area contributed by atoms with Crippen molar-refractivity contribution in [1.82, 2.24) is 10.2 Å². The fraction of sp³-hybridized carbons (Fsp3) is 0.154. The molecule has 92 valence electrons. The van der Waals surface area contributed by atoms with Gasteiger partial charge in [-0.1, -0.05) is 30.3 Å². The number of carboxylic acid groups (broad SMARTS) is 1. The highest BCUT2D eigenvalue weighted by atomic mass is 16.4. The van der Waals surface area contributed by atoms with E-state index in [2.05, 4.69) is 16.8 Å². The van der Waals surface area contributed by atoms with Crippen molar-refractivity contribution in [2.45, 2.75) is 0 Å². The van der Waals surface area contributed by atoms with E-state index in [-0.39, 0.29) is 6.54 Å². The molecule has 2 aromatic rings. The van der Waals surface area contributed by atoms with Crippen LogP contribution in [0.25, 0.3) is 10.8 Å². The van der Waals surface area contributed by atoms with Crippen molar-refractivity contribution in [3.8, 4) is 0 Å². The number of benzene rings is 1. The Hall–Kier alpha value is -2.43. The van der Waals surface area contributed by atoms with Gasteiger partial charge in [-0.25, -0.2) is 0 Å². The Labute approximate surface area is 104 Å². The van der Waals surface area contributed by atoms with Crippen LogP contribution in [-0.4, -0.2) is 34.4 Å². The molecule has 5 nitrogen and oxygen atoms in total. The Morgan fingerprint density at radius 3 is 2.94 bits per heavy atom. The van der Waals surface area contributed by atoms with E-state index in [1.54, 1.807) is 17.2 Å². The summed E-state index contributed by atoms with van der Waals surface area (Å²) in [5.41, 5.74) is 0. The SMILES string of the molecule is C=CCN(CC(=O)O)c1nncc2ccccc12. The first-order valence-corrected chi connectivity index (χ1v) is 5.50. The third-order valence-electron chi connectivity index (χ3n) is 2.53. The lowest BCUT2D eigenvalue weighted by Crippen LogP contribution is -2.30. The van der Waals surface area contributed by atoms with E-state index >= 15 is 0 Å². The average molecular weight is 243 g/mol. The summed E-state index contributed by atoms with van der Waals surface area (Å²) in [5.74, 6) is -0.345. The van der Waals surface area contributed by atoms with Gasteiger partial charge in [0.05, 0.1) is 6.20 Å². The zero-order valence-corrected chi connectivity index (χ0v) is 9.78. The predicted octanol–water partition coefficient (Wildman–Crippen LogP) is 1.71. The Kier molecular flexibility index (Phi) is 3.52. The van der Waals surface area contributed by atoms with Crippen LogP contribution in [0.1, 0.15) is 0 Å². The number of carbonyl (C=O) groups is 1. The minimum atomic E-state index is -0.911. The summed E-state index contributed by atoms with van der Waals surface area (Å²) in [6.45, 7) is 3.91. The number of aromatic nitrogens is 2. The number of anilines is 1. The maximum Gasteiger partial charge on any atom is 0.323 e. The molecule has 0 saturated carbocycles. The smallest absolute Gasteiger partial charge is 0.323 e. The van der Waals surface area contributed by atoms with E-state index in [0.29, 0.717) is 12.4 Å². The van der Waals surface area contributed by atoms with Crippen LogP contribution in [0.2, 0.25) is 0 Å². The van der Waals surface area contributed by atoms with Gasteiger partial charge in [-0.05, 0) is 0 Å². The third kappa shape index (κ3) is 2.45. The molecular weight excluding hydrogens is 230 g/mol. The molecule has 0 aliphatic heterocycles. The molecule has 18 heavy (non-hydrogen) atoms. The Morgan fingerprint density at radius 1 is 1.44 bits per heavy atom. The van der Waals surface area contributed by atoms with Crippen molar-refractivity contribution in [2.75, 3.05) is 18.0 Å². The van der Waals surface area contributed by atoms with Crippen molar-refractivity contribution in [1.29, 1.82) is 0 Å². The second-order valence-electron chi connectivity index (χ2n) is 3.82. The number of nitrogens with zero attached hydrogens (tertiary/aromatic N) is 3. The summed E-state index contributed by atoms with van der Waals surface area (Å²) >= 11 is 0. The van der Waals surface area contributed by atoms with Crippen molar-refractivity contribution < 1.29 is 9.90 Å². The van der Waals surface area contributed by atoms with Crippen LogP contribution in [0.3, 0.4) is 0 Å². The molecule has 0 amide bonds. The standard InChI is InChI=1S/C13H13N3O2/c1-2-7-16(9-12(17)18)13-11-6-4-3-5-10(11)8-14-15-13/h2-6,8H,1,7,9H2,(H,17,18). The van der Waals surface area contributed by atoms with Gasteiger partial charge in [0.1, 0.15) is 6.54 Å². The van der Waals surface area contributed by atoms with Crippen LogP contribution >= 0.6 is 0 Å². The largest absolute Gasteiger partial charge is 0.480 e. The predicted molar refractivity (Wildman–Crippen MR) is 69.6 cm³/mol. The number of carboxylic acids is 1. The Balaban J connectivity index is 2.49. The molecule has 0 aliphatic rings. The Bertz CT molecular complexity index is 578. The summed E-state index contributed by atoms with van der Waals surface area (Å²) in [7, 11) is 0. The van der Waals surface area contributed by atoms with Gasteiger partial charge in [-0.15, -0.1) is 11.7 Å². The fourth-order valence-electron chi connectivity index (χ4n) is 1.79. The van der Waals surface area contributed by atoms with Crippen LogP contribution in [0.4, 0.5) is 5.82 Å². The summed E-state index contributed by atoms with van der Waals surface area (Å²) < 4.78 is 0. The van der Waals surface area contributed by atoms with Crippen molar-refractivity contribution >= 4 is 22.6 Å². The monoisotopic (exact) mass is 243 g/mol. The molecule has 0 radical (unpaired) electrons. The topological polar surface area (TPSA) is 66.3 Å². The van der Waals surface area contributed by atoms with Crippen molar-refractivity contribution in [3.05, 3.63) is 43.1 Å². The normalized spacial score (nSPS) is 10.2. The van der Waals surface area contributed by atoms with E-state index in [4.69, 9.17) is 5.11 Å². The van der Waals surface area contributed by atoms with Crippen LogP contribution in [0.15, 0.2) is 43.1 Å². The second kappa shape index (κ2) is 5.27. The summed E-state index contributed by atoms with van der Waals surface area (Å²) in [4.78, 5) is 12.5. The van der Waals surface area contributed by atoms with E-state index in [0.717, 1.165) is 10.8 Å². The molecule has 2 rings (SSSR count). The molecule has 1 N–H and O–H groups in total. The van der Waals surface area contributed by atoms with Crippen LogP contribution in [0.5, 0.6) is 0 Å². The molecule has 0 aliphatic carbocycles. The fourth-order valence-corrected chi connectivity index (χ4v) is 1.79. The van der Waals surface area contributed by atoms with Gasteiger partial charge in [-0.3, -0.25) is 4.79 Å². The van der Waals surface area contributed by atoms with Crippen LogP contribution < -0.4 is 4.90 Å². The number of aliphatic carboxylic acids is 1. The second-order valence-corrected chi connectivity index (χ2v) is 3.82. The van der Waals surface area contributed by atoms with E-state index in [1.165, 1.54) is 0 Å². The van der Waals surface area contributed by atoms with E-state index in [9.17, 15) is 4.79 Å². The van der Waals surface area contributed by atoms with E-state index in [1.807, 2.05) is 24.3 Å². The zero-order valence-electron chi connectivity index (χ0n) is 9.78. The molecule has 0 saturated heterocycles. The highest BCUT2D eigenvalue weighted by Gasteiger charge is 2.13. The van der Waals surface area contributed by atoms with Gasteiger partial charge in [0.15, 0.2) is 5.82 Å². The zero-order chi connectivity index (χ0) is 13.0. The minimum Gasteiger partial charge on any atom is -0.480 e. The number of rotatable bonds is 5. The Morgan fingerprint density at radius 2 is 2.22 bits per heavy atom. The lowest BCUT2D eigenvalue weighted by atomic mass is 10.2. The van der Waals surface area contributed by atoms with Crippen molar-refractivity contribution in [3.63, 3.8) is 0 Å². The van der Waals surface area contributed by atoms with Crippen molar-refractivity contribution in [2.24, 2.45) is 0 Å². The van der Waals surface area contributed by atoms with Crippen LogP contribution in [0, 0.1) is 0 Å². The van der Waals surface area contributed by atoms with Gasteiger partial charge < -0.3 is 10.0 Å². The van der Waals surface area contributed by atoms with Gasteiger partial charge >= 0.3 is 5.97 Å². The first-order chi connectivity index (χ1) is 8.72. The molecule has 1 heterocycles. The molecule has 5 heteroatoms. The third-order valence-corrected chi connectivity index (χ3v) is 2.53. The summed E-state index contributed by atoms with van der Waals surface area (Å²) in [6.07, 6.45) is 3.30. The molecule has 0 fully saturated rings. The minimum absolute atomic E-state index is 0.130. The highest BCUT2D eigenvalue weighted by Crippen LogP contribution is 2.22. The molecule has 1 aromatic carbocycles. The first kappa shape index (κ1) is 12.0. The maximum atomic E-state index is 10.9. The molecule has 0 bridgehead atoms. The highest BCUT2D eigenvalue weighted by molar-refractivity contribution is 5.92. The van der Waals surface area contributed by atoms with Gasteiger partial charge in [0, 0.05) is 17.3 Å². The van der Waals surface area contributed by atoms with Gasteiger partial charge in [-0.2, -0.15) is 5.10 Å². The molecule has 1 aromatic heterocycles. The number of fused-ring (bicyclic) bond motifs is 1. The first-order valence-electron chi connectivity index (χ1n) is 5.50. The lowest BCUT2D eigenvalue weighted by molar-refractivity contribution is -0.135. The van der Waals surface area contributed by atoms with Crippen LogP contribution in [-0.2, 0) is 4.79 Å². The molecule has 0 spiro atoms. The van der Waals surface area contributed by atoms with Gasteiger partial charge in [0.25, 0.3) is 0 Å². The number of hydrogen-bond acceptors (Lipinski definition) is 4. The maximum absolute atomic E-state index is 10.9. The summed E-state index contributed by atoms with van der Waals surface area (Å²) in [5, 5.41) is 18.7. The average Bonchev–Trinajstić information content (AvgIpc) is 2.37.